The maximum absolute atomic E-state index is 4.89. The van der Waals surface area contributed by atoms with Crippen LogP contribution in [-0.4, -0.2) is 37.5 Å². The van der Waals surface area contributed by atoms with Crippen molar-refractivity contribution in [1.82, 2.24) is 24.4 Å². The molecule has 5 rings (SSSR count). The predicted molar refractivity (Wildman–Crippen MR) is 103 cm³/mol. The molecule has 1 aliphatic rings. The van der Waals surface area contributed by atoms with E-state index in [2.05, 4.69) is 63.1 Å². The van der Waals surface area contributed by atoms with Crippen molar-refractivity contribution in [3.63, 3.8) is 0 Å². The molecule has 0 unspecified atom stereocenters. The average molecular weight is 346 g/mol. The molecule has 1 fully saturated rings. The maximum Gasteiger partial charge on any atom is 0.201 e. The van der Waals surface area contributed by atoms with E-state index in [1.807, 2.05) is 10.6 Å². The zero-order chi connectivity index (χ0) is 17.5. The van der Waals surface area contributed by atoms with Crippen LogP contribution in [0.3, 0.4) is 0 Å². The highest BCUT2D eigenvalue weighted by atomic mass is 15.4. The number of aromatic nitrogens is 5. The summed E-state index contributed by atoms with van der Waals surface area (Å²) >= 11 is 0. The lowest BCUT2D eigenvalue weighted by Crippen LogP contribution is -2.25. The minimum absolute atomic E-state index is 0.781. The van der Waals surface area contributed by atoms with Gasteiger partial charge in [0.25, 0.3) is 0 Å². The third kappa shape index (κ3) is 2.44. The lowest BCUT2D eigenvalue weighted by Gasteiger charge is -2.21. The van der Waals surface area contributed by atoms with Gasteiger partial charge in [0.2, 0.25) is 5.82 Å². The molecule has 6 nitrogen and oxygen atoms in total. The highest BCUT2D eigenvalue weighted by molar-refractivity contribution is 5.86. The van der Waals surface area contributed by atoms with Gasteiger partial charge in [-0.1, -0.05) is 31.0 Å². The van der Waals surface area contributed by atoms with Crippen molar-refractivity contribution in [2.24, 2.45) is 7.05 Å². The molecule has 1 saturated heterocycles. The van der Waals surface area contributed by atoms with E-state index in [1.165, 1.54) is 36.6 Å². The zero-order valence-corrected chi connectivity index (χ0v) is 15.0. The van der Waals surface area contributed by atoms with E-state index in [0.29, 0.717) is 0 Å². The van der Waals surface area contributed by atoms with Crippen molar-refractivity contribution < 1.29 is 0 Å². The summed E-state index contributed by atoms with van der Waals surface area (Å²) in [6, 6.07) is 14.6. The Hall–Kier alpha value is -2.89. The number of benzene rings is 1. The number of fused-ring (bicyclic) bond motifs is 2. The van der Waals surface area contributed by atoms with Crippen molar-refractivity contribution in [2.75, 3.05) is 18.0 Å². The van der Waals surface area contributed by atoms with Crippen LogP contribution in [0.5, 0.6) is 0 Å². The molecule has 0 saturated carbocycles. The topological polar surface area (TPSA) is 51.2 Å². The Bertz CT molecular complexity index is 1070. The zero-order valence-electron chi connectivity index (χ0n) is 15.0. The maximum atomic E-state index is 4.89. The van der Waals surface area contributed by atoms with Crippen LogP contribution in [0.4, 0.5) is 5.82 Å². The van der Waals surface area contributed by atoms with Crippen molar-refractivity contribution in [3.05, 3.63) is 42.5 Å². The summed E-state index contributed by atoms with van der Waals surface area (Å²) in [7, 11) is 2.07. The Morgan fingerprint density at radius 1 is 0.885 bits per heavy atom. The minimum atomic E-state index is 0.781. The van der Waals surface area contributed by atoms with Crippen molar-refractivity contribution in [2.45, 2.75) is 25.7 Å². The SMILES string of the molecule is Cn1c(-c2nnc3ccc(N4CCCCCC4)nn23)cc2ccccc21. The van der Waals surface area contributed by atoms with Gasteiger partial charge in [-0.2, -0.15) is 4.52 Å². The fraction of sp³-hybridized carbons (Fsp3) is 0.350. The number of hydrogen-bond acceptors (Lipinski definition) is 4. The molecule has 26 heavy (non-hydrogen) atoms. The lowest BCUT2D eigenvalue weighted by atomic mass is 10.2. The molecule has 0 amide bonds. The molecule has 0 atom stereocenters. The van der Waals surface area contributed by atoms with E-state index >= 15 is 0 Å². The third-order valence-electron chi connectivity index (χ3n) is 5.36. The molecule has 0 N–H and O–H groups in total. The standard InChI is InChI=1S/C20H22N6/c1-24-16-9-5-4-8-15(16)14-17(24)20-22-21-18-10-11-19(23-26(18)20)25-12-6-2-3-7-13-25/h4-5,8-11,14H,2-3,6-7,12-13H2,1H3. The summed E-state index contributed by atoms with van der Waals surface area (Å²) in [5.41, 5.74) is 2.99. The lowest BCUT2D eigenvalue weighted by molar-refractivity contribution is 0.726. The second-order valence-corrected chi connectivity index (χ2v) is 7.03. The summed E-state index contributed by atoms with van der Waals surface area (Å²) in [4.78, 5) is 2.39. The monoisotopic (exact) mass is 346 g/mol. The van der Waals surface area contributed by atoms with Crippen LogP contribution in [0.1, 0.15) is 25.7 Å². The Balaban J connectivity index is 1.63. The quantitative estimate of drug-likeness (QED) is 0.556. The summed E-state index contributed by atoms with van der Waals surface area (Å²) < 4.78 is 4.04. The van der Waals surface area contributed by atoms with E-state index in [4.69, 9.17) is 5.10 Å². The summed E-state index contributed by atoms with van der Waals surface area (Å²) in [6.45, 7) is 2.15. The molecule has 0 spiro atoms. The van der Waals surface area contributed by atoms with Crippen LogP contribution < -0.4 is 4.90 Å². The smallest absolute Gasteiger partial charge is 0.201 e. The van der Waals surface area contributed by atoms with E-state index in [9.17, 15) is 0 Å². The van der Waals surface area contributed by atoms with Crippen LogP contribution in [0, 0.1) is 0 Å². The first-order chi connectivity index (χ1) is 12.8. The van der Waals surface area contributed by atoms with Crippen LogP contribution >= 0.6 is 0 Å². The molecular formula is C20H22N6. The summed E-state index contributed by atoms with van der Waals surface area (Å²) in [6.07, 6.45) is 5.09. The first kappa shape index (κ1) is 15.4. The van der Waals surface area contributed by atoms with Crippen LogP contribution in [0.15, 0.2) is 42.5 Å². The molecule has 132 valence electrons. The number of nitrogens with zero attached hydrogens (tertiary/aromatic N) is 6. The molecule has 0 radical (unpaired) electrons. The molecular weight excluding hydrogens is 324 g/mol. The minimum Gasteiger partial charge on any atom is -0.355 e. The normalized spacial score (nSPS) is 15.7. The Labute approximate surface area is 152 Å². The summed E-state index contributed by atoms with van der Waals surface area (Å²) in [5, 5.41) is 14.9. The molecule has 3 aromatic heterocycles. The van der Waals surface area contributed by atoms with Gasteiger partial charge in [-0.25, -0.2) is 0 Å². The number of hydrogen-bond donors (Lipinski definition) is 0. The summed E-state index contributed by atoms with van der Waals surface area (Å²) in [5.74, 6) is 1.80. The second-order valence-electron chi connectivity index (χ2n) is 7.03. The molecule has 0 bridgehead atoms. The van der Waals surface area contributed by atoms with Gasteiger partial charge in [0, 0.05) is 31.0 Å². The van der Waals surface area contributed by atoms with Crippen molar-refractivity contribution >= 4 is 22.4 Å². The molecule has 4 aromatic rings. The first-order valence-electron chi connectivity index (χ1n) is 9.33. The van der Waals surface area contributed by atoms with E-state index < -0.39 is 0 Å². The van der Waals surface area contributed by atoms with Gasteiger partial charge in [-0.15, -0.1) is 15.3 Å². The third-order valence-corrected chi connectivity index (χ3v) is 5.36. The van der Waals surface area contributed by atoms with Crippen molar-refractivity contribution in [3.8, 4) is 11.5 Å². The average Bonchev–Trinajstić information content (AvgIpc) is 3.10. The highest BCUT2D eigenvalue weighted by Crippen LogP contribution is 2.27. The molecule has 1 aromatic carbocycles. The van der Waals surface area contributed by atoms with Gasteiger partial charge >= 0.3 is 0 Å². The number of rotatable bonds is 2. The Morgan fingerprint density at radius 3 is 2.50 bits per heavy atom. The first-order valence-corrected chi connectivity index (χ1v) is 9.33. The van der Waals surface area contributed by atoms with Gasteiger partial charge in [0.1, 0.15) is 5.82 Å². The van der Waals surface area contributed by atoms with Gasteiger partial charge in [-0.05, 0) is 37.1 Å². The van der Waals surface area contributed by atoms with Crippen LogP contribution in [0.2, 0.25) is 0 Å². The second kappa shape index (κ2) is 6.12. The van der Waals surface area contributed by atoms with Gasteiger partial charge in [0.15, 0.2) is 5.65 Å². The van der Waals surface area contributed by atoms with E-state index in [1.54, 1.807) is 0 Å². The van der Waals surface area contributed by atoms with Gasteiger partial charge in [0.05, 0.1) is 5.69 Å². The van der Waals surface area contributed by atoms with Gasteiger partial charge < -0.3 is 9.47 Å². The largest absolute Gasteiger partial charge is 0.355 e. The van der Waals surface area contributed by atoms with Crippen molar-refractivity contribution in [1.29, 1.82) is 0 Å². The van der Waals surface area contributed by atoms with E-state index in [0.717, 1.165) is 36.1 Å². The molecule has 0 aliphatic carbocycles. The number of aryl methyl sites for hydroxylation is 1. The Morgan fingerprint density at radius 2 is 1.69 bits per heavy atom. The van der Waals surface area contributed by atoms with Crippen LogP contribution in [-0.2, 0) is 7.05 Å². The predicted octanol–water partition coefficient (Wildman–Crippen LogP) is 3.66. The van der Waals surface area contributed by atoms with E-state index in [-0.39, 0.29) is 0 Å². The molecule has 6 heteroatoms. The van der Waals surface area contributed by atoms with Crippen LogP contribution in [0.25, 0.3) is 28.1 Å². The van der Waals surface area contributed by atoms with Gasteiger partial charge in [-0.3, -0.25) is 0 Å². The highest BCUT2D eigenvalue weighted by Gasteiger charge is 2.17. The Kier molecular flexibility index (Phi) is 3.62. The molecule has 4 heterocycles. The number of para-hydroxylation sites is 1. The fourth-order valence-electron chi connectivity index (χ4n) is 3.91. The number of anilines is 1. The molecule has 1 aliphatic heterocycles. The fourth-order valence-corrected chi connectivity index (χ4v) is 3.91.